The second-order valence-corrected chi connectivity index (χ2v) is 8.49. The molecule has 3 heterocycles. The van der Waals surface area contributed by atoms with E-state index in [2.05, 4.69) is 31.0 Å². The van der Waals surface area contributed by atoms with E-state index in [9.17, 15) is 9.59 Å². The maximum atomic E-state index is 13.0. The summed E-state index contributed by atoms with van der Waals surface area (Å²) in [6.07, 6.45) is 1.47. The van der Waals surface area contributed by atoms with Gasteiger partial charge in [0.15, 0.2) is 5.78 Å². The Kier molecular flexibility index (Phi) is 4.76. The number of fused-ring (bicyclic) bond motifs is 1. The van der Waals surface area contributed by atoms with Gasteiger partial charge in [0.1, 0.15) is 4.83 Å². The fraction of sp³-hybridized carbons (Fsp3) is 0.190. The van der Waals surface area contributed by atoms with Crippen LogP contribution in [0.5, 0.6) is 0 Å². The molecule has 4 nitrogen and oxygen atoms in total. The molecular formula is C21H18N2O2S2. The Hall–Kier alpha value is -2.57. The minimum Gasteiger partial charge on any atom is -0.291 e. The smallest absolute Gasteiger partial charge is 0.263 e. The van der Waals surface area contributed by atoms with Crippen LogP contribution in [0.3, 0.4) is 0 Å². The van der Waals surface area contributed by atoms with Crippen molar-refractivity contribution >= 4 is 38.7 Å². The van der Waals surface area contributed by atoms with Crippen molar-refractivity contribution in [1.82, 2.24) is 9.55 Å². The van der Waals surface area contributed by atoms with Crippen LogP contribution in [-0.4, -0.2) is 15.3 Å². The average Bonchev–Trinajstić information content (AvgIpc) is 3.34. The highest BCUT2D eigenvalue weighted by Gasteiger charge is 2.16. The van der Waals surface area contributed by atoms with Crippen LogP contribution in [0.4, 0.5) is 0 Å². The third kappa shape index (κ3) is 3.38. The van der Waals surface area contributed by atoms with Gasteiger partial charge in [-0.2, -0.15) is 0 Å². The van der Waals surface area contributed by atoms with Crippen LogP contribution in [0, 0.1) is 0 Å². The predicted molar refractivity (Wildman–Crippen MR) is 112 cm³/mol. The van der Waals surface area contributed by atoms with Crippen molar-refractivity contribution in [2.75, 3.05) is 0 Å². The molecule has 0 N–H and O–H groups in total. The first-order valence-electron chi connectivity index (χ1n) is 8.68. The maximum absolute atomic E-state index is 13.0. The van der Waals surface area contributed by atoms with Gasteiger partial charge in [-0.1, -0.05) is 44.2 Å². The van der Waals surface area contributed by atoms with Crippen LogP contribution >= 0.6 is 22.7 Å². The van der Waals surface area contributed by atoms with Gasteiger partial charge >= 0.3 is 0 Å². The van der Waals surface area contributed by atoms with E-state index in [0.717, 1.165) is 11.1 Å². The summed E-state index contributed by atoms with van der Waals surface area (Å²) in [5.74, 6) is 0.381. The minimum atomic E-state index is -0.172. The van der Waals surface area contributed by atoms with Crippen LogP contribution in [0.2, 0.25) is 0 Å². The lowest BCUT2D eigenvalue weighted by atomic mass is 9.99. The van der Waals surface area contributed by atoms with Crippen LogP contribution in [0.15, 0.2) is 58.3 Å². The van der Waals surface area contributed by atoms with E-state index in [-0.39, 0.29) is 17.9 Å². The second kappa shape index (κ2) is 7.21. The van der Waals surface area contributed by atoms with E-state index in [1.165, 1.54) is 39.1 Å². The summed E-state index contributed by atoms with van der Waals surface area (Å²) < 4.78 is 1.41. The Morgan fingerprint density at radius 1 is 1.15 bits per heavy atom. The molecule has 1 aromatic carbocycles. The number of hydrogen-bond acceptors (Lipinski definition) is 5. The molecule has 0 unspecified atom stereocenters. The molecule has 0 fully saturated rings. The molecule has 6 heteroatoms. The quantitative estimate of drug-likeness (QED) is 0.438. The van der Waals surface area contributed by atoms with Crippen molar-refractivity contribution in [3.8, 4) is 11.1 Å². The molecule has 27 heavy (non-hydrogen) atoms. The lowest BCUT2D eigenvalue weighted by Gasteiger charge is -2.07. The van der Waals surface area contributed by atoms with E-state index < -0.39 is 0 Å². The largest absolute Gasteiger partial charge is 0.291 e. The highest BCUT2D eigenvalue weighted by atomic mass is 32.1. The molecule has 4 rings (SSSR count). The SMILES string of the molecule is CC(C)c1ccc(-c2csc3ncn(CC(=O)c4cccs4)c(=O)c23)cc1. The lowest BCUT2D eigenvalue weighted by molar-refractivity contribution is 0.0974. The van der Waals surface area contributed by atoms with E-state index >= 15 is 0 Å². The standard InChI is InChI=1S/C21H18N2O2S2/c1-13(2)14-5-7-15(8-6-14)16-11-27-20-19(16)21(25)23(12-22-20)10-17(24)18-4-3-9-26-18/h3-9,11-13H,10H2,1-2H3. The van der Waals surface area contributed by atoms with Crippen LogP contribution in [0.1, 0.15) is 35.0 Å². The molecule has 0 radical (unpaired) electrons. The first-order chi connectivity index (χ1) is 13.0. The number of thiophene rings is 2. The number of Topliss-reactive ketones (excluding diaryl/α,β-unsaturated/α-hetero) is 1. The van der Waals surface area contributed by atoms with Gasteiger partial charge in [0.25, 0.3) is 5.56 Å². The molecule has 0 spiro atoms. The Balaban J connectivity index is 1.75. The summed E-state index contributed by atoms with van der Waals surface area (Å²) in [7, 11) is 0. The van der Waals surface area contributed by atoms with Gasteiger partial charge in [0.2, 0.25) is 0 Å². The Bertz CT molecular complexity index is 1150. The van der Waals surface area contributed by atoms with Crippen molar-refractivity contribution in [2.45, 2.75) is 26.3 Å². The fourth-order valence-electron chi connectivity index (χ4n) is 3.01. The molecular weight excluding hydrogens is 376 g/mol. The van der Waals surface area contributed by atoms with E-state index in [1.807, 2.05) is 29.0 Å². The molecule has 0 aliphatic rings. The molecule has 0 saturated carbocycles. The first kappa shape index (κ1) is 17.8. The van der Waals surface area contributed by atoms with E-state index in [0.29, 0.717) is 21.0 Å². The van der Waals surface area contributed by atoms with Crippen molar-refractivity contribution in [1.29, 1.82) is 0 Å². The number of ketones is 1. The van der Waals surface area contributed by atoms with Crippen LogP contribution in [0.25, 0.3) is 21.3 Å². The maximum Gasteiger partial charge on any atom is 0.263 e. The minimum absolute atomic E-state index is 0.00383. The van der Waals surface area contributed by atoms with E-state index in [1.54, 1.807) is 6.07 Å². The number of carbonyl (C=O) groups excluding carboxylic acids is 1. The topological polar surface area (TPSA) is 52.0 Å². The van der Waals surface area contributed by atoms with Crippen molar-refractivity contribution in [3.05, 3.63) is 74.3 Å². The third-order valence-electron chi connectivity index (χ3n) is 4.56. The highest BCUT2D eigenvalue weighted by molar-refractivity contribution is 7.17. The first-order valence-corrected chi connectivity index (χ1v) is 10.4. The van der Waals surface area contributed by atoms with Crippen molar-refractivity contribution in [2.24, 2.45) is 0 Å². The van der Waals surface area contributed by atoms with Gasteiger partial charge in [0.05, 0.1) is 23.1 Å². The predicted octanol–water partition coefficient (Wildman–Crippen LogP) is 5.19. The molecule has 0 aliphatic carbocycles. The van der Waals surface area contributed by atoms with Gasteiger partial charge in [-0.3, -0.25) is 14.2 Å². The summed E-state index contributed by atoms with van der Waals surface area (Å²) in [4.78, 5) is 31.2. The zero-order valence-electron chi connectivity index (χ0n) is 15.0. The fourth-order valence-corrected chi connectivity index (χ4v) is 4.57. The molecule has 0 saturated heterocycles. The Morgan fingerprint density at radius 2 is 1.93 bits per heavy atom. The zero-order valence-corrected chi connectivity index (χ0v) is 16.6. The third-order valence-corrected chi connectivity index (χ3v) is 6.36. The van der Waals surface area contributed by atoms with Crippen molar-refractivity contribution < 1.29 is 4.79 Å². The van der Waals surface area contributed by atoms with Gasteiger partial charge in [-0.05, 0) is 28.5 Å². The van der Waals surface area contributed by atoms with E-state index in [4.69, 9.17) is 0 Å². The Morgan fingerprint density at radius 3 is 2.59 bits per heavy atom. The summed E-state index contributed by atoms with van der Waals surface area (Å²) in [5, 5.41) is 4.41. The summed E-state index contributed by atoms with van der Waals surface area (Å²) in [5.41, 5.74) is 2.96. The normalized spacial score (nSPS) is 11.4. The number of carbonyl (C=O) groups is 1. The monoisotopic (exact) mass is 394 g/mol. The number of nitrogens with zero attached hydrogens (tertiary/aromatic N) is 2. The molecule has 4 aromatic rings. The zero-order chi connectivity index (χ0) is 19.0. The number of rotatable bonds is 5. The highest BCUT2D eigenvalue weighted by Crippen LogP contribution is 2.31. The van der Waals surface area contributed by atoms with Gasteiger partial charge in [-0.25, -0.2) is 4.98 Å². The van der Waals surface area contributed by atoms with Gasteiger partial charge < -0.3 is 0 Å². The number of aromatic nitrogens is 2. The lowest BCUT2D eigenvalue weighted by Crippen LogP contribution is -2.24. The van der Waals surface area contributed by atoms with Gasteiger partial charge in [-0.15, -0.1) is 22.7 Å². The van der Waals surface area contributed by atoms with Crippen molar-refractivity contribution in [3.63, 3.8) is 0 Å². The molecule has 0 atom stereocenters. The van der Waals surface area contributed by atoms with Crippen LogP contribution in [-0.2, 0) is 6.54 Å². The molecule has 136 valence electrons. The molecule has 3 aromatic heterocycles. The van der Waals surface area contributed by atoms with Gasteiger partial charge in [0, 0.05) is 10.9 Å². The summed E-state index contributed by atoms with van der Waals surface area (Å²) in [6.45, 7) is 4.31. The number of hydrogen-bond donors (Lipinski definition) is 0. The summed E-state index contributed by atoms with van der Waals surface area (Å²) >= 11 is 2.83. The molecule has 0 amide bonds. The van der Waals surface area contributed by atoms with Crippen LogP contribution < -0.4 is 5.56 Å². The number of benzene rings is 1. The molecule has 0 bridgehead atoms. The average molecular weight is 395 g/mol. The molecule has 0 aliphatic heterocycles. The Labute approximate surface area is 164 Å². The second-order valence-electron chi connectivity index (χ2n) is 6.68. The summed E-state index contributed by atoms with van der Waals surface area (Å²) in [6, 6.07) is 11.9.